The molecule has 2 aliphatic heterocycles. The van der Waals surface area contributed by atoms with Crippen molar-refractivity contribution in [2.24, 2.45) is 5.92 Å². The third kappa shape index (κ3) is 11.6. The number of likely N-dealkylation sites (tertiary alicyclic amines) is 1. The number of allylic oxidation sites excluding steroid dienone is 10. The predicted octanol–water partition coefficient (Wildman–Crippen LogP) is 7.66. The third-order valence-corrected chi connectivity index (χ3v) is 8.03. The van der Waals surface area contributed by atoms with Crippen molar-refractivity contribution in [1.82, 2.24) is 10.2 Å². The van der Waals surface area contributed by atoms with E-state index in [1.54, 1.807) is 6.92 Å². The Bertz CT molecular complexity index is 1230. The molecular formula is C38H50N2O4. The smallest absolute Gasteiger partial charge is 0.286 e. The number of nitrogens with zero attached hydrogens (tertiary/aromatic N) is 1. The number of benzene rings is 1. The first-order chi connectivity index (χ1) is 21.4. The van der Waals surface area contributed by atoms with Gasteiger partial charge >= 0.3 is 0 Å². The van der Waals surface area contributed by atoms with E-state index in [1.807, 2.05) is 35.2 Å². The van der Waals surface area contributed by atoms with Crippen LogP contribution in [0, 0.1) is 5.92 Å². The highest BCUT2D eigenvalue weighted by atomic mass is 16.5. The van der Waals surface area contributed by atoms with Crippen molar-refractivity contribution < 1.29 is 19.1 Å². The van der Waals surface area contributed by atoms with E-state index in [0.717, 1.165) is 63.4 Å². The molecule has 0 aromatic heterocycles. The summed E-state index contributed by atoms with van der Waals surface area (Å²) >= 11 is 0. The molecule has 236 valence electrons. The molecule has 1 aromatic carbocycles. The number of nitrogens with one attached hydrogen (secondary N) is 1. The quantitative estimate of drug-likeness (QED) is 0.148. The van der Waals surface area contributed by atoms with Crippen LogP contribution >= 0.6 is 0 Å². The van der Waals surface area contributed by atoms with Crippen LogP contribution in [0.15, 0.2) is 103 Å². The van der Waals surface area contributed by atoms with Crippen molar-refractivity contribution in [2.75, 3.05) is 19.6 Å². The van der Waals surface area contributed by atoms with Crippen LogP contribution in [0.3, 0.4) is 0 Å². The lowest BCUT2D eigenvalue weighted by molar-refractivity contribution is -0.134. The average Bonchev–Trinajstić information content (AvgIpc) is 3.36. The van der Waals surface area contributed by atoms with E-state index in [9.17, 15) is 14.4 Å². The fourth-order valence-corrected chi connectivity index (χ4v) is 5.23. The largest absolute Gasteiger partial charge is 0.469 e. The molecule has 6 heteroatoms. The number of ketones is 1. The summed E-state index contributed by atoms with van der Waals surface area (Å²) in [6.07, 6.45) is 32.2. The van der Waals surface area contributed by atoms with E-state index >= 15 is 0 Å². The zero-order valence-electron chi connectivity index (χ0n) is 26.6. The molecular weight excluding hydrogens is 548 g/mol. The molecule has 1 unspecified atom stereocenters. The Morgan fingerprint density at radius 2 is 1.45 bits per heavy atom. The first-order valence-electron chi connectivity index (χ1n) is 16.3. The number of piperidine rings is 1. The molecule has 2 aliphatic rings. The number of carbonyl (C=O) groups is 3. The van der Waals surface area contributed by atoms with Gasteiger partial charge in [-0.3, -0.25) is 14.4 Å². The topological polar surface area (TPSA) is 75.7 Å². The van der Waals surface area contributed by atoms with Crippen LogP contribution in [0.25, 0.3) is 0 Å². The minimum Gasteiger partial charge on any atom is -0.469 e. The summed E-state index contributed by atoms with van der Waals surface area (Å²) in [6, 6.07) is 9.22. The number of amides is 2. The van der Waals surface area contributed by atoms with Gasteiger partial charge in [0.15, 0.2) is 11.4 Å². The Morgan fingerprint density at radius 1 is 0.886 bits per heavy atom. The second-order valence-electron chi connectivity index (χ2n) is 11.5. The van der Waals surface area contributed by atoms with Gasteiger partial charge in [-0.15, -0.1) is 0 Å². The van der Waals surface area contributed by atoms with Crippen molar-refractivity contribution in [3.8, 4) is 0 Å². The third-order valence-electron chi connectivity index (χ3n) is 8.03. The highest BCUT2D eigenvalue weighted by Gasteiger charge is 2.43. The summed E-state index contributed by atoms with van der Waals surface area (Å²) in [7, 11) is 0. The molecule has 0 aliphatic carbocycles. The van der Waals surface area contributed by atoms with Gasteiger partial charge in [0, 0.05) is 37.7 Å². The van der Waals surface area contributed by atoms with Gasteiger partial charge < -0.3 is 15.0 Å². The number of rotatable bonds is 17. The number of unbranched alkanes of at least 4 members (excludes halogenated alkanes) is 1. The van der Waals surface area contributed by atoms with E-state index in [0.29, 0.717) is 32.0 Å². The number of hydrogen-bond donors (Lipinski definition) is 1. The fourth-order valence-electron chi connectivity index (χ4n) is 5.23. The number of hydrogen-bond acceptors (Lipinski definition) is 4. The van der Waals surface area contributed by atoms with Crippen molar-refractivity contribution in [1.29, 1.82) is 0 Å². The molecule has 2 heterocycles. The lowest BCUT2D eigenvalue weighted by Crippen LogP contribution is -2.41. The molecule has 1 aromatic rings. The molecule has 6 nitrogen and oxygen atoms in total. The average molecular weight is 599 g/mol. The van der Waals surface area contributed by atoms with Gasteiger partial charge in [-0.25, -0.2) is 0 Å². The Balaban J connectivity index is 1.22. The first-order valence-corrected chi connectivity index (χ1v) is 16.3. The molecule has 44 heavy (non-hydrogen) atoms. The van der Waals surface area contributed by atoms with Crippen molar-refractivity contribution >= 4 is 17.6 Å². The highest BCUT2D eigenvalue weighted by Crippen LogP contribution is 2.34. The van der Waals surface area contributed by atoms with Gasteiger partial charge in [-0.05, 0) is 70.6 Å². The molecule has 0 saturated carbocycles. The second-order valence-corrected chi connectivity index (χ2v) is 11.5. The van der Waals surface area contributed by atoms with Crippen LogP contribution in [0.5, 0.6) is 0 Å². The zero-order valence-corrected chi connectivity index (χ0v) is 26.6. The number of ether oxygens (including phenoxy) is 1. The molecule has 0 spiro atoms. The highest BCUT2D eigenvalue weighted by molar-refractivity contribution is 6.07. The van der Waals surface area contributed by atoms with Gasteiger partial charge in [0.2, 0.25) is 11.7 Å². The van der Waals surface area contributed by atoms with Gasteiger partial charge in [0.05, 0.1) is 0 Å². The van der Waals surface area contributed by atoms with E-state index in [4.69, 9.17) is 4.74 Å². The first kappa shape index (κ1) is 34.6. The molecule has 3 rings (SSSR count). The maximum atomic E-state index is 12.7. The van der Waals surface area contributed by atoms with Gasteiger partial charge in [0.25, 0.3) is 5.91 Å². The van der Waals surface area contributed by atoms with E-state index in [2.05, 4.69) is 73.0 Å². The van der Waals surface area contributed by atoms with Gasteiger partial charge in [0.1, 0.15) is 0 Å². The molecule has 1 atom stereocenters. The molecule has 0 bridgehead atoms. The van der Waals surface area contributed by atoms with Crippen molar-refractivity contribution in [2.45, 2.75) is 83.7 Å². The molecule has 1 fully saturated rings. The lowest BCUT2D eigenvalue weighted by Gasteiger charge is -2.32. The summed E-state index contributed by atoms with van der Waals surface area (Å²) in [5, 5.41) is 2.93. The Morgan fingerprint density at radius 3 is 2.05 bits per heavy atom. The van der Waals surface area contributed by atoms with Gasteiger partial charge in [-0.1, -0.05) is 98.0 Å². The Labute approximate surface area is 264 Å². The van der Waals surface area contributed by atoms with Crippen LogP contribution in [0.4, 0.5) is 0 Å². The standard InChI is InChI=1S/C38H50N2O4/c1-3-4-5-6-7-8-9-10-11-12-13-14-15-16-17-18-22-25-36(42)40-28-26-32(27-29-40)31-39-37(43)34-30-35(41)38(2,44-34)33-23-20-19-21-24-33/h4-5,7-8,10-11,13-14,16-17,19-21,23-24,30,32H,3,6,9,12,15,18,22,25-29,31H2,1-2H3,(H,39,43)/b5-4-,8-7-,11-10-,14-13-,17-16-. The van der Waals surface area contributed by atoms with Crippen molar-refractivity contribution in [3.05, 3.63) is 108 Å². The van der Waals surface area contributed by atoms with E-state index < -0.39 is 5.60 Å². The summed E-state index contributed by atoms with van der Waals surface area (Å²) in [4.78, 5) is 40.0. The Kier molecular flexibility index (Phi) is 15.2. The lowest BCUT2D eigenvalue weighted by atomic mass is 9.92. The van der Waals surface area contributed by atoms with Crippen molar-refractivity contribution in [3.63, 3.8) is 0 Å². The maximum Gasteiger partial charge on any atom is 0.286 e. The monoisotopic (exact) mass is 598 g/mol. The molecule has 1 saturated heterocycles. The molecule has 2 amide bonds. The predicted molar refractivity (Wildman–Crippen MR) is 179 cm³/mol. The second kappa shape index (κ2) is 19.4. The van der Waals surface area contributed by atoms with Crippen LogP contribution < -0.4 is 5.32 Å². The Hall–Kier alpha value is -3.93. The zero-order chi connectivity index (χ0) is 31.5. The van der Waals surface area contributed by atoms with Crippen LogP contribution in [-0.2, 0) is 24.7 Å². The van der Waals surface area contributed by atoms with E-state index in [-0.39, 0.29) is 23.4 Å². The normalized spacial score (nSPS) is 19.6. The fraction of sp³-hybridized carbons (Fsp3) is 0.447. The molecule has 1 N–H and O–H groups in total. The summed E-state index contributed by atoms with van der Waals surface area (Å²) in [6.45, 7) is 5.77. The summed E-state index contributed by atoms with van der Waals surface area (Å²) in [5.41, 5.74) is -0.452. The summed E-state index contributed by atoms with van der Waals surface area (Å²) in [5.74, 6) is -0.0411. The van der Waals surface area contributed by atoms with E-state index in [1.165, 1.54) is 6.08 Å². The summed E-state index contributed by atoms with van der Waals surface area (Å²) < 4.78 is 5.84. The number of carbonyl (C=O) groups excluding carboxylic acids is 3. The van der Waals surface area contributed by atoms with Crippen LogP contribution in [-0.4, -0.2) is 42.1 Å². The van der Waals surface area contributed by atoms with Gasteiger partial charge in [-0.2, -0.15) is 0 Å². The minimum atomic E-state index is -1.17. The minimum absolute atomic E-state index is 0.0569. The molecule has 0 radical (unpaired) electrons. The van der Waals surface area contributed by atoms with Crippen LogP contribution in [0.2, 0.25) is 0 Å². The van der Waals surface area contributed by atoms with Crippen LogP contribution in [0.1, 0.15) is 83.6 Å². The SMILES string of the molecule is CC/C=C\C/C=C\C/C=C\C/C=C\C/C=C\CCCC(=O)N1CCC(CNC(=O)C2=CC(=O)C(C)(c3ccccc3)O2)CC1. The maximum absolute atomic E-state index is 12.7.